The summed E-state index contributed by atoms with van der Waals surface area (Å²) >= 11 is 0. The maximum Gasteiger partial charge on any atom is 0.141 e. The van der Waals surface area contributed by atoms with E-state index in [0.29, 0.717) is 12.6 Å². The van der Waals surface area contributed by atoms with E-state index >= 15 is 0 Å². The van der Waals surface area contributed by atoms with Crippen molar-refractivity contribution < 1.29 is 9.13 Å². The molecule has 3 heteroatoms. The van der Waals surface area contributed by atoms with E-state index in [2.05, 4.69) is 5.32 Å². The van der Waals surface area contributed by atoms with Gasteiger partial charge in [-0.1, -0.05) is 6.42 Å². The highest BCUT2D eigenvalue weighted by molar-refractivity contribution is 4.87. The van der Waals surface area contributed by atoms with Crippen molar-refractivity contribution in [3.63, 3.8) is 0 Å². The maximum atomic E-state index is 12.9. The highest BCUT2D eigenvalue weighted by Gasteiger charge is 2.31. The van der Waals surface area contributed by atoms with Gasteiger partial charge in [0.2, 0.25) is 0 Å². The molecular weight excluding hydrogens is 145 g/mol. The van der Waals surface area contributed by atoms with E-state index in [1.807, 2.05) is 0 Å². The maximum absolute atomic E-state index is 12.9. The van der Waals surface area contributed by atoms with E-state index in [1.54, 1.807) is 0 Å². The van der Waals surface area contributed by atoms with Gasteiger partial charge < -0.3 is 10.1 Å². The molecule has 1 N–H and O–H groups in total. The van der Waals surface area contributed by atoms with Crippen LogP contribution in [-0.4, -0.2) is 31.5 Å². The number of hydrogen-bond acceptors (Lipinski definition) is 2. The zero-order valence-corrected chi connectivity index (χ0v) is 6.55. The first-order chi connectivity index (χ1) is 5.36. The van der Waals surface area contributed by atoms with Gasteiger partial charge in [0, 0.05) is 6.04 Å². The summed E-state index contributed by atoms with van der Waals surface area (Å²) in [5.41, 5.74) is 0. The Balaban J connectivity index is 1.75. The first-order valence-corrected chi connectivity index (χ1v) is 4.34. The van der Waals surface area contributed by atoms with E-state index < -0.39 is 6.17 Å². The number of ether oxygens (including phenoxy) is 1. The fraction of sp³-hybridized carbons (Fsp3) is 1.00. The van der Waals surface area contributed by atoms with E-state index in [-0.39, 0.29) is 12.6 Å². The van der Waals surface area contributed by atoms with Crippen molar-refractivity contribution in [3.8, 4) is 0 Å². The van der Waals surface area contributed by atoms with Crippen LogP contribution in [0.3, 0.4) is 0 Å². The Morgan fingerprint density at radius 3 is 2.55 bits per heavy atom. The number of rotatable bonds is 2. The lowest BCUT2D eigenvalue weighted by molar-refractivity contribution is 0.172. The Hall–Kier alpha value is -0.150. The minimum Gasteiger partial charge on any atom is -0.377 e. The zero-order chi connectivity index (χ0) is 7.68. The molecule has 2 fully saturated rings. The van der Waals surface area contributed by atoms with Gasteiger partial charge in [-0.05, 0) is 12.8 Å². The Bertz CT molecular complexity index is 138. The van der Waals surface area contributed by atoms with Crippen LogP contribution in [0, 0.1) is 0 Å². The van der Waals surface area contributed by atoms with Gasteiger partial charge in [0.1, 0.15) is 6.17 Å². The minimum atomic E-state index is -0.782. The largest absolute Gasteiger partial charge is 0.377 e. The highest BCUT2D eigenvalue weighted by Crippen LogP contribution is 2.21. The summed E-state index contributed by atoms with van der Waals surface area (Å²) in [5, 5.41) is 3.27. The van der Waals surface area contributed by atoms with Gasteiger partial charge in [-0.15, -0.1) is 0 Å². The Morgan fingerprint density at radius 2 is 2.09 bits per heavy atom. The fourth-order valence-electron chi connectivity index (χ4n) is 1.56. The topological polar surface area (TPSA) is 21.3 Å². The molecule has 1 saturated carbocycles. The summed E-state index contributed by atoms with van der Waals surface area (Å²) in [4.78, 5) is 0. The molecule has 0 aromatic heterocycles. The fourth-order valence-corrected chi connectivity index (χ4v) is 1.56. The molecule has 1 saturated heterocycles. The number of nitrogens with one attached hydrogen (secondary N) is 1. The first-order valence-electron chi connectivity index (χ1n) is 4.34. The summed E-state index contributed by atoms with van der Waals surface area (Å²) in [5.74, 6) is 0. The molecule has 64 valence electrons. The van der Waals surface area contributed by atoms with Crippen LogP contribution in [0.15, 0.2) is 0 Å². The molecule has 1 heterocycles. The lowest BCUT2D eigenvalue weighted by Gasteiger charge is -2.29. The average Bonchev–Trinajstić information content (AvgIpc) is 2.27. The minimum absolute atomic E-state index is 0.0275. The van der Waals surface area contributed by atoms with E-state index in [9.17, 15) is 4.39 Å². The summed E-state index contributed by atoms with van der Waals surface area (Å²) in [6, 6.07) is 0.542. The summed E-state index contributed by atoms with van der Waals surface area (Å²) in [6.45, 7) is 0.835. The van der Waals surface area contributed by atoms with Crippen LogP contribution in [0.4, 0.5) is 4.39 Å². The molecule has 0 unspecified atom stereocenters. The van der Waals surface area contributed by atoms with Crippen LogP contribution in [0.25, 0.3) is 0 Å². The van der Waals surface area contributed by atoms with Crippen molar-refractivity contribution >= 4 is 0 Å². The Kier molecular flexibility index (Phi) is 2.09. The molecule has 0 radical (unpaired) electrons. The van der Waals surface area contributed by atoms with Crippen LogP contribution >= 0.6 is 0 Å². The van der Waals surface area contributed by atoms with Crippen molar-refractivity contribution in [2.24, 2.45) is 0 Å². The number of alkyl halides is 1. The van der Waals surface area contributed by atoms with Crippen molar-refractivity contribution in [1.82, 2.24) is 5.32 Å². The van der Waals surface area contributed by atoms with Gasteiger partial charge in [-0.2, -0.15) is 0 Å². The first kappa shape index (κ1) is 7.50. The van der Waals surface area contributed by atoms with Gasteiger partial charge in [0.25, 0.3) is 0 Å². The molecule has 0 aromatic rings. The quantitative estimate of drug-likeness (QED) is 0.645. The van der Waals surface area contributed by atoms with Gasteiger partial charge >= 0.3 is 0 Å². The molecule has 2 nitrogen and oxygen atoms in total. The van der Waals surface area contributed by atoms with Crippen LogP contribution in [0.2, 0.25) is 0 Å². The van der Waals surface area contributed by atoms with Gasteiger partial charge in [-0.25, -0.2) is 4.39 Å². The lowest BCUT2D eigenvalue weighted by Crippen LogP contribution is -2.46. The van der Waals surface area contributed by atoms with Crippen molar-refractivity contribution in [3.05, 3.63) is 0 Å². The number of hydrogen-bond donors (Lipinski definition) is 1. The van der Waals surface area contributed by atoms with Crippen LogP contribution in [0.1, 0.15) is 19.3 Å². The molecule has 0 amide bonds. The molecule has 11 heavy (non-hydrogen) atoms. The number of halogens is 1. The Labute approximate surface area is 66.1 Å². The predicted molar refractivity (Wildman–Crippen MR) is 40.3 cm³/mol. The van der Waals surface area contributed by atoms with Gasteiger partial charge in [-0.3, -0.25) is 0 Å². The van der Waals surface area contributed by atoms with Gasteiger partial charge in [0.05, 0.1) is 19.3 Å². The molecule has 0 spiro atoms. The molecule has 0 bridgehead atoms. The third-order valence-electron chi connectivity index (χ3n) is 2.57. The predicted octanol–water partition coefficient (Wildman–Crippen LogP) is 0.865. The normalized spacial score (nSPS) is 39.0. The Morgan fingerprint density at radius 1 is 1.27 bits per heavy atom. The van der Waals surface area contributed by atoms with Crippen LogP contribution < -0.4 is 5.32 Å². The molecule has 1 aliphatic heterocycles. The monoisotopic (exact) mass is 159 g/mol. The molecule has 0 aromatic carbocycles. The summed E-state index contributed by atoms with van der Waals surface area (Å²) < 4.78 is 17.9. The smallest absolute Gasteiger partial charge is 0.141 e. The van der Waals surface area contributed by atoms with Crippen molar-refractivity contribution in [1.29, 1.82) is 0 Å². The van der Waals surface area contributed by atoms with Gasteiger partial charge in [0.15, 0.2) is 0 Å². The van der Waals surface area contributed by atoms with E-state index in [1.165, 1.54) is 19.3 Å². The summed E-state index contributed by atoms with van der Waals surface area (Å²) in [7, 11) is 0. The second kappa shape index (κ2) is 3.07. The summed E-state index contributed by atoms with van der Waals surface area (Å²) in [6.07, 6.45) is 2.94. The van der Waals surface area contributed by atoms with Crippen molar-refractivity contribution in [2.45, 2.75) is 37.5 Å². The van der Waals surface area contributed by atoms with Crippen LogP contribution in [-0.2, 0) is 4.74 Å². The van der Waals surface area contributed by atoms with Crippen LogP contribution in [0.5, 0.6) is 0 Å². The van der Waals surface area contributed by atoms with E-state index in [0.717, 1.165) is 0 Å². The lowest BCUT2D eigenvalue weighted by atomic mass is 9.92. The standard InChI is InChI=1S/C8H14FNO/c9-7-4-11-5-8(7)10-6-2-1-3-6/h6-8,10H,1-5H2/t7-,8-/m1/s1. The third kappa shape index (κ3) is 1.54. The zero-order valence-electron chi connectivity index (χ0n) is 6.55. The SMILES string of the molecule is F[C@@H]1COC[C@H]1NC1CCC1. The van der Waals surface area contributed by atoms with Crippen molar-refractivity contribution in [2.75, 3.05) is 13.2 Å². The molecule has 1 aliphatic carbocycles. The average molecular weight is 159 g/mol. The second-order valence-corrected chi connectivity index (χ2v) is 3.45. The molecular formula is C8H14FNO. The molecule has 2 aliphatic rings. The van der Waals surface area contributed by atoms with E-state index in [4.69, 9.17) is 4.74 Å². The third-order valence-corrected chi connectivity index (χ3v) is 2.57. The molecule has 2 atom stereocenters. The molecule has 2 rings (SSSR count). The highest BCUT2D eigenvalue weighted by atomic mass is 19.1. The second-order valence-electron chi connectivity index (χ2n) is 3.45.